The Bertz CT molecular complexity index is 747. The summed E-state index contributed by atoms with van der Waals surface area (Å²) in [5.74, 6) is -1.15. The monoisotopic (exact) mass is 273 g/mol. The van der Waals surface area contributed by atoms with Crippen molar-refractivity contribution in [3.63, 3.8) is 0 Å². The Hall–Kier alpha value is -2.14. The van der Waals surface area contributed by atoms with Crippen LogP contribution in [-0.2, 0) is 22.5 Å². The number of nitrogens with zero attached hydrogens (tertiary/aromatic N) is 1. The third kappa shape index (κ3) is 1.82. The standard InChI is InChI=1S/C15H15NO4/c1-20-13(15(18)19)11-8-10-5-2-4-9-6-3-7-16(12(9)10)14(11)17/h2,4-5,8,13H,3,6-7H2,1H3,(H,18,19). The number of methoxy groups -OCH3 is 1. The summed E-state index contributed by atoms with van der Waals surface area (Å²) in [5.41, 5.74) is 1.99. The molecule has 1 aliphatic rings. The first kappa shape index (κ1) is 12.9. The van der Waals surface area contributed by atoms with Crippen LogP contribution in [0, 0.1) is 0 Å². The van der Waals surface area contributed by atoms with Crippen molar-refractivity contribution in [2.45, 2.75) is 25.5 Å². The number of aromatic nitrogens is 1. The van der Waals surface area contributed by atoms with E-state index in [-0.39, 0.29) is 11.1 Å². The van der Waals surface area contributed by atoms with Gasteiger partial charge < -0.3 is 14.4 Å². The van der Waals surface area contributed by atoms with Crippen LogP contribution in [0.15, 0.2) is 29.1 Å². The van der Waals surface area contributed by atoms with Crippen LogP contribution in [0.4, 0.5) is 0 Å². The number of rotatable bonds is 3. The zero-order valence-electron chi connectivity index (χ0n) is 11.1. The van der Waals surface area contributed by atoms with Crippen molar-refractivity contribution in [2.75, 3.05) is 7.11 Å². The molecule has 0 saturated carbocycles. The molecule has 1 atom stereocenters. The van der Waals surface area contributed by atoms with Gasteiger partial charge in [-0.25, -0.2) is 4.79 Å². The van der Waals surface area contributed by atoms with Crippen molar-refractivity contribution in [1.29, 1.82) is 0 Å². The van der Waals surface area contributed by atoms with E-state index in [9.17, 15) is 14.7 Å². The fraction of sp³-hybridized carbons (Fsp3) is 0.333. The highest BCUT2D eigenvalue weighted by Crippen LogP contribution is 2.26. The van der Waals surface area contributed by atoms with Gasteiger partial charge in [-0.05, 0) is 29.9 Å². The maximum absolute atomic E-state index is 12.5. The number of aliphatic carboxylic acids is 1. The van der Waals surface area contributed by atoms with Crippen LogP contribution in [0.3, 0.4) is 0 Å². The lowest BCUT2D eigenvalue weighted by Crippen LogP contribution is -2.31. The fourth-order valence-electron chi connectivity index (χ4n) is 2.93. The molecule has 0 fully saturated rings. The van der Waals surface area contributed by atoms with Gasteiger partial charge >= 0.3 is 5.97 Å². The predicted molar refractivity (Wildman–Crippen MR) is 73.9 cm³/mol. The molecule has 5 heteroatoms. The SMILES string of the molecule is COC(C(=O)O)c1cc2cccc3c2n(c1=O)CCC3. The van der Waals surface area contributed by atoms with Gasteiger partial charge in [0.05, 0.1) is 11.1 Å². The lowest BCUT2D eigenvalue weighted by Gasteiger charge is -2.21. The molecular formula is C15H15NO4. The summed E-state index contributed by atoms with van der Waals surface area (Å²) in [5, 5.41) is 10.1. The second kappa shape index (κ2) is 4.76. The number of aryl methyl sites for hydroxylation is 2. The number of carboxylic acids is 1. The summed E-state index contributed by atoms with van der Waals surface area (Å²) >= 11 is 0. The van der Waals surface area contributed by atoms with E-state index in [1.807, 2.05) is 18.2 Å². The molecule has 0 radical (unpaired) electrons. The molecule has 0 amide bonds. The van der Waals surface area contributed by atoms with Crippen molar-refractivity contribution >= 4 is 16.9 Å². The fourth-order valence-corrected chi connectivity index (χ4v) is 2.93. The van der Waals surface area contributed by atoms with Crippen molar-refractivity contribution < 1.29 is 14.6 Å². The van der Waals surface area contributed by atoms with Crippen LogP contribution in [0.2, 0.25) is 0 Å². The van der Waals surface area contributed by atoms with Gasteiger partial charge in [0.1, 0.15) is 0 Å². The molecule has 20 heavy (non-hydrogen) atoms. The van der Waals surface area contributed by atoms with E-state index in [0.717, 1.165) is 29.3 Å². The molecule has 1 aliphatic heterocycles. The summed E-state index contributed by atoms with van der Waals surface area (Å²) < 4.78 is 6.64. The maximum atomic E-state index is 12.5. The normalized spacial score (nSPS) is 15.2. The van der Waals surface area contributed by atoms with E-state index in [0.29, 0.717) is 6.54 Å². The number of carbonyl (C=O) groups is 1. The lowest BCUT2D eigenvalue weighted by molar-refractivity contribution is -0.149. The minimum Gasteiger partial charge on any atom is -0.479 e. The van der Waals surface area contributed by atoms with E-state index >= 15 is 0 Å². The van der Waals surface area contributed by atoms with Crippen LogP contribution in [0.5, 0.6) is 0 Å². The Morgan fingerprint density at radius 3 is 2.95 bits per heavy atom. The van der Waals surface area contributed by atoms with Crippen LogP contribution < -0.4 is 5.56 Å². The first-order valence-corrected chi connectivity index (χ1v) is 6.54. The van der Waals surface area contributed by atoms with Gasteiger partial charge in [0, 0.05) is 13.7 Å². The number of benzene rings is 1. The zero-order valence-corrected chi connectivity index (χ0v) is 11.1. The molecule has 1 N–H and O–H groups in total. The second-order valence-electron chi connectivity index (χ2n) is 4.97. The number of para-hydroxylation sites is 1. The quantitative estimate of drug-likeness (QED) is 0.924. The molecule has 2 heterocycles. The van der Waals surface area contributed by atoms with E-state index in [2.05, 4.69) is 0 Å². The summed E-state index contributed by atoms with van der Waals surface area (Å²) in [7, 11) is 1.30. The summed E-state index contributed by atoms with van der Waals surface area (Å²) in [6.45, 7) is 0.621. The molecular weight excluding hydrogens is 258 g/mol. The number of hydrogen-bond donors (Lipinski definition) is 1. The maximum Gasteiger partial charge on any atom is 0.337 e. The lowest BCUT2D eigenvalue weighted by atomic mass is 9.99. The largest absolute Gasteiger partial charge is 0.479 e. The number of carboxylic acid groups (broad SMARTS) is 1. The average molecular weight is 273 g/mol. The molecule has 2 aromatic rings. The van der Waals surface area contributed by atoms with Crippen LogP contribution in [-0.4, -0.2) is 22.8 Å². The van der Waals surface area contributed by atoms with Crippen LogP contribution >= 0.6 is 0 Å². The third-order valence-electron chi connectivity index (χ3n) is 3.79. The minimum absolute atomic E-state index is 0.187. The number of hydrogen-bond acceptors (Lipinski definition) is 3. The van der Waals surface area contributed by atoms with Crippen molar-refractivity contribution in [3.8, 4) is 0 Å². The van der Waals surface area contributed by atoms with Crippen molar-refractivity contribution in [3.05, 3.63) is 45.7 Å². The number of pyridine rings is 1. The molecule has 5 nitrogen and oxygen atoms in total. The van der Waals surface area contributed by atoms with Crippen molar-refractivity contribution in [2.24, 2.45) is 0 Å². The molecule has 0 aliphatic carbocycles. The first-order valence-electron chi connectivity index (χ1n) is 6.54. The summed E-state index contributed by atoms with van der Waals surface area (Å²) in [6, 6.07) is 7.50. The Balaban J connectivity index is 2.34. The Morgan fingerprint density at radius 2 is 2.25 bits per heavy atom. The molecule has 1 unspecified atom stereocenters. The molecule has 104 valence electrons. The van der Waals surface area contributed by atoms with E-state index in [1.54, 1.807) is 10.6 Å². The van der Waals surface area contributed by atoms with E-state index < -0.39 is 12.1 Å². The molecule has 1 aromatic carbocycles. The van der Waals surface area contributed by atoms with Gasteiger partial charge in [-0.2, -0.15) is 0 Å². The van der Waals surface area contributed by atoms with Gasteiger partial charge in [-0.15, -0.1) is 0 Å². The van der Waals surface area contributed by atoms with Crippen LogP contribution in [0.25, 0.3) is 10.9 Å². The molecule has 0 saturated heterocycles. The highest BCUT2D eigenvalue weighted by atomic mass is 16.5. The number of ether oxygens (including phenoxy) is 1. The van der Waals surface area contributed by atoms with Crippen molar-refractivity contribution in [1.82, 2.24) is 4.57 Å². The highest BCUT2D eigenvalue weighted by molar-refractivity contribution is 5.85. The predicted octanol–water partition coefficient (Wildman–Crippen LogP) is 1.72. The van der Waals surface area contributed by atoms with Gasteiger partial charge in [0.25, 0.3) is 5.56 Å². The zero-order chi connectivity index (χ0) is 14.3. The minimum atomic E-state index is -1.22. The second-order valence-corrected chi connectivity index (χ2v) is 4.97. The smallest absolute Gasteiger partial charge is 0.337 e. The van der Waals surface area contributed by atoms with Gasteiger partial charge in [0.2, 0.25) is 0 Å². The first-order chi connectivity index (χ1) is 9.63. The Labute approximate surface area is 115 Å². The van der Waals surface area contributed by atoms with Gasteiger partial charge in [0.15, 0.2) is 6.10 Å². The molecule has 3 rings (SSSR count). The van der Waals surface area contributed by atoms with Crippen LogP contribution in [0.1, 0.15) is 23.7 Å². The highest BCUT2D eigenvalue weighted by Gasteiger charge is 2.25. The average Bonchev–Trinajstić information content (AvgIpc) is 2.44. The summed E-state index contributed by atoms with van der Waals surface area (Å²) in [4.78, 5) is 23.8. The topological polar surface area (TPSA) is 68.5 Å². The molecule has 1 aromatic heterocycles. The molecule has 0 spiro atoms. The van der Waals surface area contributed by atoms with E-state index in [1.165, 1.54) is 7.11 Å². The Morgan fingerprint density at radius 1 is 1.45 bits per heavy atom. The van der Waals surface area contributed by atoms with E-state index in [4.69, 9.17) is 4.74 Å². The Kier molecular flexibility index (Phi) is 3.06. The van der Waals surface area contributed by atoms with Gasteiger partial charge in [-0.1, -0.05) is 18.2 Å². The summed E-state index contributed by atoms with van der Waals surface area (Å²) in [6.07, 6.45) is 0.615. The van der Waals surface area contributed by atoms with Gasteiger partial charge in [-0.3, -0.25) is 4.79 Å². The molecule has 0 bridgehead atoms. The third-order valence-corrected chi connectivity index (χ3v) is 3.79.